The van der Waals surface area contributed by atoms with Crippen LogP contribution in [0.1, 0.15) is 24.2 Å². The second-order valence-corrected chi connectivity index (χ2v) is 6.46. The molecule has 1 fully saturated rings. The molecule has 2 N–H and O–H groups in total. The van der Waals surface area contributed by atoms with Crippen molar-refractivity contribution in [3.8, 4) is 0 Å². The highest BCUT2D eigenvalue weighted by molar-refractivity contribution is 5.73. The molecule has 0 amide bonds. The molecule has 0 aliphatic carbocycles. The Labute approximate surface area is 139 Å². The van der Waals surface area contributed by atoms with Crippen LogP contribution >= 0.6 is 0 Å². The number of benzene rings is 1. The SMILES string of the molecule is Cn1cc([C@@H]2OC[C@H]3OC(N)=N[C@](C)(c4ccccc4F)[C@H]32)cn1. The number of ether oxygens (including phenoxy) is 2. The Balaban J connectivity index is 1.84. The summed E-state index contributed by atoms with van der Waals surface area (Å²) in [5.74, 6) is -0.514. The Hall–Kier alpha value is -2.41. The van der Waals surface area contributed by atoms with E-state index < -0.39 is 5.54 Å². The van der Waals surface area contributed by atoms with Gasteiger partial charge in [-0.2, -0.15) is 5.10 Å². The molecule has 126 valence electrons. The zero-order valence-corrected chi connectivity index (χ0v) is 13.5. The zero-order valence-electron chi connectivity index (χ0n) is 13.5. The predicted molar refractivity (Wildman–Crippen MR) is 85.6 cm³/mol. The lowest BCUT2D eigenvalue weighted by atomic mass is 9.73. The number of halogens is 1. The summed E-state index contributed by atoms with van der Waals surface area (Å²) in [6.07, 6.45) is 3.09. The minimum Gasteiger partial charge on any atom is -0.459 e. The summed E-state index contributed by atoms with van der Waals surface area (Å²) in [6.45, 7) is 2.26. The molecule has 1 aromatic carbocycles. The van der Waals surface area contributed by atoms with Gasteiger partial charge in [0.1, 0.15) is 17.5 Å². The average molecular weight is 330 g/mol. The van der Waals surface area contributed by atoms with Crippen LogP contribution < -0.4 is 5.73 Å². The van der Waals surface area contributed by atoms with Gasteiger partial charge in [0.05, 0.1) is 24.8 Å². The van der Waals surface area contributed by atoms with Crippen molar-refractivity contribution in [1.82, 2.24) is 9.78 Å². The first kappa shape index (κ1) is 15.1. The number of aromatic nitrogens is 2. The fraction of sp³-hybridized carbons (Fsp3) is 0.412. The van der Waals surface area contributed by atoms with E-state index in [1.54, 1.807) is 29.1 Å². The Morgan fingerprint density at radius 3 is 2.88 bits per heavy atom. The highest BCUT2D eigenvalue weighted by Gasteiger charge is 2.55. The summed E-state index contributed by atoms with van der Waals surface area (Å²) in [5, 5.41) is 4.21. The fourth-order valence-electron chi connectivity index (χ4n) is 3.85. The molecule has 2 aliphatic rings. The van der Waals surface area contributed by atoms with E-state index in [-0.39, 0.29) is 30.0 Å². The second-order valence-electron chi connectivity index (χ2n) is 6.46. The van der Waals surface area contributed by atoms with Gasteiger partial charge in [-0.3, -0.25) is 4.68 Å². The van der Waals surface area contributed by atoms with E-state index in [4.69, 9.17) is 15.2 Å². The van der Waals surface area contributed by atoms with Crippen molar-refractivity contribution < 1.29 is 13.9 Å². The Morgan fingerprint density at radius 2 is 2.17 bits per heavy atom. The van der Waals surface area contributed by atoms with Crippen LogP contribution in [0.2, 0.25) is 0 Å². The van der Waals surface area contributed by atoms with E-state index in [1.165, 1.54) is 6.07 Å². The molecule has 2 aliphatic heterocycles. The molecule has 3 heterocycles. The molecule has 4 atom stereocenters. The molecular weight excluding hydrogens is 311 g/mol. The van der Waals surface area contributed by atoms with E-state index in [2.05, 4.69) is 10.1 Å². The van der Waals surface area contributed by atoms with Crippen LogP contribution in [-0.2, 0) is 22.1 Å². The molecule has 0 saturated carbocycles. The summed E-state index contributed by atoms with van der Waals surface area (Å²) < 4.78 is 27.9. The molecular formula is C17H19FN4O2. The zero-order chi connectivity index (χ0) is 16.9. The van der Waals surface area contributed by atoms with Gasteiger partial charge in [-0.1, -0.05) is 18.2 Å². The molecule has 6 nitrogen and oxygen atoms in total. The molecule has 1 aromatic heterocycles. The van der Waals surface area contributed by atoms with Crippen LogP contribution in [0.4, 0.5) is 4.39 Å². The Morgan fingerprint density at radius 1 is 1.38 bits per heavy atom. The number of aryl methyl sites for hydroxylation is 1. The van der Waals surface area contributed by atoms with E-state index in [9.17, 15) is 4.39 Å². The van der Waals surface area contributed by atoms with E-state index in [0.717, 1.165) is 5.56 Å². The molecule has 4 rings (SSSR count). The molecule has 24 heavy (non-hydrogen) atoms. The molecule has 0 bridgehead atoms. The number of nitrogens with two attached hydrogens (primary N) is 1. The normalized spacial score (nSPS) is 32.1. The predicted octanol–water partition coefficient (Wildman–Crippen LogP) is 1.88. The summed E-state index contributed by atoms with van der Waals surface area (Å²) in [7, 11) is 1.85. The minimum atomic E-state index is -0.880. The summed E-state index contributed by atoms with van der Waals surface area (Å²) in [4.78, 5) is 4.50. The quantitative estimate of drug-likeness (QED) is 0.912. The maximum absolute atomic E-state index is 14.5. The average Bonchev–Trinajstić information content (AvgIpc) is 3.13. The van der Waals surface area contributed by atoms with Gasteiger partial charge in [-0.15, -0.1) is 0 Å². The molecule has 7 heteroatoms. The smallest absolute Gasteiger partial charge is 0.283 e. The summed E-state index contributed by atoms with van der Waals surface area (Å²) >= 11 is 0. The van der Waals surface area contributed by atoms with E-state index in [0.29, 0.717) is 12.2 Å². The van der Waals surface area contributed by atoms with Crippen molar-refractivity contribution >= 4 is 6.02 Å². The molecule has 1 saturated heterocycles. The van der Waals surface area contributed by atoms with E-state index >= 15 is 0 Å². The highest BCUT2D eigenvalue weighted by Crippen LogP contribution is 2.51. The lowest BCUT2D eigenvalue weighted by molar-refractivity contribution is 0.0555. The highest BCUT2D eigenvalue weighted by atomic mass is 19.1. The maximum atomic E-state index is 14.5. The first-order chi connectivity index (χ1) is 11.5. The maximum Gasteiger partial charge on any atom is 0.283 e. The van der Waals surface area contributed by atoms with E-state index in [1.807, 2.05) is 20.2 Å². The van der Waals surface area contributed by atoms with Gasteiger partial charge in [-0.05, 0) is 13.0 Å². The second kappa shape index (κ2) is 5.31. The molecule has 0 spiro atoms. The van der Waals surface area contributed by atoms with Crippen LogP contribution in [0.5, 0.6) is 0 Å². The number of fused-ring (bicyclic) bond motifs is 1. The lowest BCUT2D eigenvalue weighted by Gasteiger charge is -2.40. The number of hydrogen-bond acceptors (Lipinski definition) is 5. The Kier molecular flexibility index (Phi) is 3.35. The largest absolute Gasteiger partial charge is 0.459 e. The molecule has 0 unspecified atom stereocenters. The number of amidine groups is 1. The number of rotatable bonds is 2. The van der Waals surface area contributed by atoms with Crippen molar-refractivity contribution in [3.05, 3.63) is 53.6 Å². The fourth-order valence-corrected chi connectivity index (χ4v) is 3.85. The van der Waals surface area contributed by atoms with Gasteiger partial charge < -0.3 is 15.2 Å². The van der Waals surface area contributed by atoms with Crippen molar-refractivity contribution in [2.24, 2.45) is 23.7 Å². The van der Waals surface area contributed by atoms with Gasteiger partial charge in [0.25, 0.3) is 6.02 Å². The first-order valence-electron chi connectivity index (χ1n) is 7.86. The first-order valence-corrected chi connectivity index (χ1v) is 7.86. The monoisotopic (exact) mass is 330 g/mol. The summed E-state index contributed by atoms with van der Waals surface area (Å²) in [5.41, 5.74) is 6.41. The van der Waals surface area contributed by atoms with Gasteiger partial charge in [-0.25, -0.2) is 9.38 Å². The van der Waals surface area contributed by atoms with Gasteiger partial charge in [0, 0.05) is 24.4 Å². The minimum absolute atomic E-state index is 0.0671. The van der Waals surface area contributed by atoms with Gasteiger partial charge in [0.2, 0.25) is 0 Å². The van der Waals surface area contributed by atoms with Crippen molar-refractivity contribution in [2.45, 2.75) is 24.7 Å². The van der Waals surface area contributed by atoms with Gasteiger partial charge >= 0.3 is 0 Å². The van der Waals surface area contributed by atoms with Crippen molar-refractivity contribution in [3.63, 3.8) is 0 Å². The number of nitrogens with zero attached hydrogens (tertiary/aromatic N) is 3. The van der Waals surface area contributed by atoms with Crippen molar-refractivity contribution in [2.75, 3.05) is 6.61 Å². The number of hydrogen-bond donors (Lipinski definition) is 1. The van der Waals surface area contributed by atoms with Crippen LogP contribution in [0.3, 0.4) is 0 Å². The molecule has 2 aromatic rings. The lowest BCUT2D eigenvalue weighted by Crippen LogP contribution is -2.47. The third-order valence-electron chi connectivity index (χ3n) is 4.90. The van der Waals surface area contributed by atoms with Crippen LogP contribution in [0.15, 0.2) is 41.7 Å². The van der Waals surface area contributed by atoms with Crippen LogP contribution in [-0.4, -0.2) is 28.5 Å². The third kappa shape index (κ3) is 2.19. The van der Waals surface area contributed by atoms with Gasteiger partial charge in [0.15, 0.2) is 0 Å². The Bertz CT molecular complexity index is 805. The standard InChI is InChI=1S/C17H19FN4O2/c1-17(11-5-3-4-6-12(11)18)14-13(24-16(19)21-17)9-23-15(14)10-7-20-22(2)8-10/h3-8,13-15H,9H2,1-2H3,(H2,19,21)/t13-,14-,15+,17-/m1/s1. The molecule has 0 radical (unpaired) electrons. The topological polar surface area (TPSA) is 74.7 Å². The number of aliphatic imine (C=N–C) groups is 1. The van der Waals surface area contributed by atoms with Crippen LogP contribution in [0, 0.1) is 11.7 Å². The van der Waals surface area contributed by atoms with Crippen LogP contribution in [0.25, 0.3) is 0 Å². The summed E-state index contributed by atoms with van der Waals surface area (Å²) in [6, 6.07) is 6.71. The van der Waals surface area contributed by atoms with Crippen molar-refractivity contribution in [1.29, 1.82) is 0 Å². The third-order valence-corrected chi connectivity index (χ3v) is 4.90.